The van der Waals surface area contributed by atoms with Crippen LogP contribution in [0.15, 0.2) is 90.5 Å². The molecule has 0 fully saturated rings. The zero-order valence-electron chi connectivity index (χ0n) is 23.4. The lowest BCUT2D eigenvalue weighted by atomic mass is 9.91. The highest BCUT2D eigenvalue weighted by Gasteiger charge is 2.38. The van der Waals surface area contributed by atoms with Gasteiger partial charge in [0.2, 0.25) is 5.91 Å². The second kappa shape index (κ2) is 13.9. The summed E-state index contributed by atoms with van der Waals surface area (Å²) in [6, 6.07) is 20.9. The number of carbonyl (C=O) groups excluding carboxylic acids is 3. The Labute approximate surface area is 243 Å². The maximum atomic E-state index is 13.5. The number of rotatable bonds is 11. The molecule has 2 N–H and O–H groups in total. The predicted octanol–water partition coefficient (Wildman–Crippen LogP) is 6.09. The quantitative estimate of drug-likeness (QED) is 0.125. The molecule has 1 atom stereocenters. The van der Waals surface area contributed by atoms with Gasteiger partial charge in [-0.25, -0.2) is 9.59 Å². The zero-order chi connectivity index (χ0) is 30.1. The molecule has 1 aliphatic rings. The summed E-state index contributed by atoms with van der Waals surface area (Å²) in [6.45, 7) is 4.35. The van der Waals surface area contributed by atoms with Crippen molar-refractivity contribution < 1.29 is 24.0 Å². The number of hydrogen-bond acceptors (Lipinski definition) is 6. The van der Waals surface area contributed by atoms with Crippen LogP contribution in [-0.2, 0) is 14.3 Å². The van der Waals surface area contributed by atoms with E-state index in [1.807, 2.05) is 37.3 Å². The van der Waals surface area contributed by atoms with Gasteiger partial charge >= 0.3 is 12.0 Å². The van der Waals surface area contributed by atoms with Gasteiger partial charge < -0.3 is 15.4 Å². The number of nitro groups is 1. The Morgan fingerprint density at radius 1 is 1.05 bits per heavy atom. The first-order chi connectivity index (χ1) is 20.3. The lowest BCUT2D eigenvalue weighted by Crippen LogP contribution is -2.48. The van der Waals surface area contributed by atoms with Crippen molar-refractivity contribution >= 4 is 41.1 Å². The van der Waals surface area contributed by atoms with Crippen molar-refractivity contribution in [2.75, 3.05) is 18.5 Å². The average Bonchev–Trinajstić information content (AvgIpc) is 2.99. The zero-order valence-corrected chi connectivity index (χ0v) is 23.4. The minimum atomic E-state index is -0.822. The minimum absolute atomic E-state index is 0.0386. The van der Waals surface area contributed by atoms with Gasteiger partial charge in [-0.3, -0.25) is 19.8 Å². The maximum absolute atomic E-state index is 13.5. The van der Waals surface area contributed by atoms with E-state index in [1.165, 1.54) is 18.2 Å². The van der Waals surface area contributed by atoms with E-state index in [0.29, 0.717) is 34.6 Å². The average molecular weight is 569 g/mol. The van der Waals surface area contributed by atoms with E-state index in [0.717, 1.165) is 18.4 Å². The molecule has 216 valence electrons. The van der Waals surface area contributed by atoms with Crippen LogP contribution in [0.4, 0.5) is 16.2 Å². The van der Waals surface area contributed by atoms with Crippen molar-refractivity contribution in [3.8, 4) is 0 Å². The monoisotopic (exact) mass is 568 g/mol. The Morgan fingerprint density at radius 3 is 2.45 bits per heavy atom. The van der Waals surface area contributed by atoms with E-state index in [9.17, 15) is 24.5 Å². The van der Waals surface area contributed by atoms with E-state index in [2.05, 4.69) is 10.6 Å². The van der Waals surface area contributed by atoms with Gasteiger partial charge in [0.05, 0.1) is 28.8 Å². The summed E-state index contributed by atoms with van der Waals surface area (Å²) in [5.74, 6) is -0.960. The highest BCUT2D eigenvalue weighted by Crippen LogP contribution is 2.37. The Balaban J connectivity index is 1.67. The number of esters is 1. The number of nitro benzene ring substituents is 1. The van der Waals surface area contributed by atoms with Gasteiger partial charge in [-0.1, -0.05) is 55.8 Å². The van der Waals surface area contributed by atoms with Crippen molar-refractivity contribution in [1.82, 2.24) is 10.2 Å². The van der Waals surface area contributed by atoms with E-state index in [1.54, 1.807) is 54.3 Å². The summed E-state index contributed by atoms with van der Waals surface area (Å²) in [4.78, 5) is 51.5. The molecule has 3 aromatic carbocycles. The molecular weight excluding hydrogens is 536 g/mol. The number of benzene rings is 3. The topological polar surface area (TPSA) is 131 Å². The number of urea groups is 1. The van der Waals surface area contributed by atoms with Gasteiger partial charge in [0.1, 0.15) is 0 Å². The van der Waals surface area contributed by atoms with Crippen LogP contribution in [-0.4, -0.2) is 40.9 Å². The number of ether oxygens (including phenoxy) is 1. The van der Waals surface area contributed by atoms with Crippen LogP contribution in [0.1, 0.15) is 49.4 Å². The standard InChI is InChI=1S/C32H32N4O6/c1-3-5-20-35-30(23-10-7-6-8-11-23)28(31(38)42-4-2)29(34-32(35)39)24-12-9-13-25(21-24)33-27(37)19-16-22-14-17-26(18-15-22)36(40)41/h6-19,21,29H,3-5,20H2,1-2H3,(H,33,37)(H,34,39)/b19-16+/t29-/m1/s1. The molecule has 0 spiro atoms. The Bertz CT molecular complexity index is 1520. The third kappa shape index (κ3) is 7.08. The molecule has 0 bridgehead atoms. The van der Waals surface area contributed by atoms with Gasteiger partial charge in [0.15, 0.2) is 0 Å². The lowest BCUT2D eigenvalue weighted by Gasteiger charge is -2.37. The van der Waals surface area contributed by atoms with Crippen LogP contribution in [0, 0.1) is 10.1 Å². The molecule has 10 nitrogen and oxygen atoms in total. The van der Waals surface area contributed by atoms with Gasteiger partial charge in [-0.05, 0) is 60.4 Å². The lowest BCUT2D eigenvalue weighted by molar-refractivity contribution is -0.384. The van der Waals surface area contributed by atoms with Gasteiger partial charge in [0, 0.05) is 30.4 Å². The van der Waals surface area contributed by atoms with E-state index < -0.39 is 22.8 Å². The van der Waals surface area contributed by atoms with Gasteiger partial charge in [-0.2, -0.15) is 0 Å². The first-order valence-corrected chi connectivity index (χ1v) is 13.7. The number of unbranched alkanes of at least 4 members (excludes halogenated alkanes) is 1. The molecule has 3 amide bonds. The van der Waals surface area contributed by atoms with Gasteiger partial charge in [-0.15, -0.1) is 0 Å². The molecule has 0 saturated heterocycles. The molecule has 3 aromatic rings. The number of carbonyl (C=O) groups is 3. The molecule has 42 heavy (non-hydrogen) atoms. The fourth-order valence-corrected chi connectivity index (χ4v) is 4.63. The second-order valence-electron chi connectivity index (χ2n) is 9.53. The fraction of sp³-hybridized carbons (Fsp3) is 0.219. The second-order valence-corrected chi connectivity index (χ2v) is 9.53. The highest BCUT2D eigenvalue weighted by atomic mass is 16.6. The molecular formula is C32H32N4O6. The van der Waals surface area contributed by atoms with Crippen LogP contribution >= 0.6 is 0 Å². The van der Waals surface area contributed by atoms with E-state index in [4.69, 9.17) is 4.74 Å². The smallest absolute Gasteiger partial charge is 0.338 e. The SMILES string of the molecule is CCCCN1C(=O)N[C@H](c2cccc(NC(=O)/C=C/c3ccc([N+](=O)[O-])cc3)c2)C(C(=O)OCC)=C1c1ccccc1. The van der Waals surface area contributed by atoms with Crippen molar-refractivity contribution in [1.29, 1.82) is 0 Å². The Morgan fingerprint density at radius 2 is 1.79 bits per heavy atom. The summed E-state index contributed by atoms with van der Waals surface area (Å²) in [6.07, 6.45) is 4.48. The summed E-state index contributed by atoms with van der Waals surface area (Å²) < 4.78 is 5.47. The molecule has 0 aromatic heterocycles. The number of hydrogen-bond donors (Lipinski definition) is 2. The Kier molecular flexibility index (Phi) is 9.83. The van der Waals surface area contributed by atoms with Crippen LogP contribution in [0.2, 0.25) is 0 Å². The van der Waals surface area contributed by atoms with Crippen molar-refractivity contribution in [2.24, 2.45) is 0 Å². The molecule has 0 saturated carbocycles. The van der Waals surface area contributed by atoms with Gasteiger partial charge in [0.25, 0.3) is 5.69 Å². The largest absolute Gasteiger partial charge is 0.463 e. The first kappa shape index (κ1) is 29.7. The van der Waals surface area contributed by atoms with Crippen molar-refractivity contribution in [3.05, 3.63) is 117 Å². The van der Waals surface area contributed by atoms with Crippen molar-refractivity contribution in [2.45, 2.75) is 32.7 Å². The first-order valence-electron chi connectivity index (χ1n) is 13.7. The van der Waals surface area contributed by atoms with Crippen LogP contribution < -0.4 is 10.6 Å². The number of non-ortho nitro benzene ring substituents is 1. The Hall–Kier alpha value is -5.25. The number of nitrogens with one attached hydrogen (secondary N) is 2. The van der Waals surface area contributed by atoms with Crippen LogP contribution in [0.3, 0.4) is 0 Å². The molecule has 1 aliphatic heterocycles. The fourth-order valence-electron chi connectivity index (χ4n) is 4.63. The van der Waals surface area contributed by atoms with E-state index >= 15 is 0 Å². The van der Waals surface area contributed by atoms with Crippen LogP contribution in [0.5, 0.6) is 0 Å². The molecule has 0 unspecified atom stereocenters. The molecule has 10 heteroatoms. The normalized spacial score (nSPS) is 15.0. The third-order valence-electron chi connectivity index (χ3n) is 6.62. The van der Waals surface area contributed by atoms with Crippen LogP contribution in [0.25, 0.3) is 11.8 Å². The molecule has 0 radical (unpaired) electrons. The third-order valence-corrected chi connectivity index (χ3v) is 6.62. The summed E-state index contributed by atoms with van der Waals surface area (Å²) in [5, 5.41) is 16.6. The van der Waals surface area contributed by atoms with E-state index in [-0.39, 0.29) is 18.3 Å². The maximum Gasteiger partial charge on any atom is 0.338 e. The summed E-state index contributed by atoms with van der Waals surface area (Å²) in [7, 11) is 0. The van der Waals surface area contributed by atoms with Crippen molar-refractivity contribution in [3.63, 3.8) is 0 Å². The molecule has 0 aliphatic carbocycles. The number of amides is 3. The number of nitrogens with zero attached hydrogens (tertiary/aromatic N) is 2. The predicted molar refractivity (Wildman–Crippen MR) is 160 cm³/mol. The number of anilines is 1. The molecule has 4 rings (SSSR count). The summed E-state index contributed by atoms with van der Waals surface area (Å²) >= 11 is 0. The highest BCUT2D eigenvalue weighted by molar-refractivity contribution is 6.05. The minimum Gasteiger partial charge on any atom is -0.463 e. The molecule has 1 heterocycles. The summed E-state index contributed by atoms with van der Waals surface area (Å²) in [5.41, 5.74) is 3.16.